The summed E-state index contributed by atoms with van der Waals surface area (Å²) in [5, 5.41) is 5.80. The Labute approximate surface area is 204 Å². The van der Waals surface area contributed by atoms with Gasteiger partial charge in [-0.3, -0.25) is 9.59 Å². The summed E-state index contributed by atoms with van der Waals surface area (Å²) in [4.78, 5) is 23.9. The molecule has 2 heterocycles. The average Bonchev–Trinajstić information content (AvgIpc) is 3.53. The largest absolute Gasteiger partial charge is 0.454 e. The molecule has 0 saturated heterocycles. The van der Waals surface area contributed by atoms with Crippen molar-refractivity contribution in [2.45, 2.75) is 32.1 Å². The minimum absolute atomic E-state index is 0.112. The molecule has 0 aliphatic carbocycles. The summed E-state index contributed by atoms with van der Waals surface area (Å²) in [6.45, 7) is 1.76. The summed E-state index contributed by atoms with van der Waals surface area (Å²) in [7, 11) is 0. The van der Waals surface area contributed by atoms with E-state index in [4.69, 9.17) is 18.9 Å². The smallest absolute Gasteiger partial charge is 0.243 e. The Morgan fingerprint density at radius 2 is 1.06 bits per heavy atom. The van der Waals surface area contributed by atoms with E-state index >= 15 is 0 Å². The predicted octanol–water partition coefficient (Wildman–Crippen LogP) is 4.05. The molecule has 0 fully saturated rings. The Bertz CT molecular complexity index is 1010. The van der Waals surface area contributed by atoms with Crippen LogP contribution in [0, 0.1) is 0 Å². The van der Waals surface area contributed by atoms with Gasteiger partial charge in [-0.2, -0.15) is 0 Å². The fraction of sp³-hybridized carbons (Fsp3) is 0.333. The topological polar surface area (TPSA) is 95.1 Å². The van der Waals surface area contributed by atoms with Gasteiger partial charge in [0.15, 0.2) is 23.0 Å². The van der Waals surface area contributed by atoms with Gasteiger partial charge in [0.1, 0.15) is 0 Å². The summed E-state index contributed by atoms with van der Waals surface area (Å²) in [6, 6.07) is 11.1. The first-order valence-electron chi connectivity index (χ1n) is 11.9. The molecule has 8 nitrogen and oxygen atoms in total. The third-order valence-corrected chi connectivity index (χ3v) is 5.60. The SMILES string of the molecule is O=C(/C=C\c1ccc2c(c1)OCO2)NCCCCCCCNC(=O)/C=C\c1ccc2c(c1)OCO2. The third-order valence-electron chi connectivity index (χ3n) is 5.60. The number of ether oxygens (including phenoxy) is 4. The van der Waals surface area contributed by atoms with Crippen LogP contribution in [0.15, 0.2) is 48.6 Å². The molecule has 4 rings (SSSR count). The zero-order valence-electron chi connectivity index (χ0n) is 19.6. The van der Waals surface area contributed by atoms with Gasteiger partial charge in [0.05, 0.1) is 0 Å². The van der Waals surface area contributed by atoms with Gasteiger partial charge in [-0.15, -0.1) is 0 Å². The Morgan fingerprint density at radius 1 is 0.629 bits per heavy atom. The number of nitrogens with one attached hydrogen (secondary N) is 2. The van der Waals surface area contributed by atoms with E-state index in [-0.39, 0.29) is 25.4 Å². The maximum atomic E-state index is 12.0. The Kier molecular flexibility index (Phi) is 8.64. The van der Waals surface area contributed by atoms with Gasteiger partial charge < -0.3 is 29.6 Å². The maximum Gasteiger partial charge on any atom is 0.243 e. The number of hydrogen-bond donors (Lipinski definition) is 2. The average molecular weight is 479 g/mol. The maximum absolute atomic E-state index is 12.0. The first kappa shape index (κ1) is 24.2. The van der Waals surface area contributed by atoms with Gasteiger partial charge in [-0.25, -0.2) is 0 Å². The van der Waals surface area contributed by atoms with E-state index < -0.39 is 0 Å². The van der Waals surface area contributed by atoms with E-state index in [1.54, 1.807) is 12.2 Å². The minimum atomic E-state index is -0.112. The van der Waals surface area contributed by atoms with Crippen LogP contribution in [-0.2, 0) is 9.59 Å². The van der Waals surface area contributed by atoms with Crippen LogP contribution < -0.4 is 29.6 Å². The molecule has 2 aromatic carbocycles. The highest BCUT2D eigenvalue weighted by molar-refractivity contribution is 5.92. The molecule has 2 amide bonds. The molecule has 184 valence electrons. The molecule has 2 aromatic rings. The van der Waals surface area contributed by atoms with Gasteiger partial charge in [0, 0.05) is 25.2 Å². The van der Waals surface area contributed by atoms with Crippen LogP contribution in [-0.4, -0.2) is 38.5 Å². The van der Waals surface area contributed by atoms with Gasteiger partial charge >= 0.3 is 0 Å². The number of rotatable bonds is 12. The van der Waals surface area contributed by atoms with Crippen LogP contribution in [0.25, 0.3) is 12.2 Å². The molecule has 0 aromatic heterocycles. The number of carbonyl (C=O) groups is 2. The fourth-order valence-electron chi connectivity index (χ4n) is 3.70. The van der Waals surface area contributed by atoms with Crippen molar-refractivity contribution < 1.29 is 28.5 Å². The van der Waals surface area contributed by atoms with Crippen LogP contribution in [0.5, 0.6) is 23.0 Å². The number of hydrogen-bond acceptors (Lipinski definition) is 6. The molecule has 2 aliphatic heterocycles. The lowest BCUT2D eigenvalue weighted by molar-refractivity contribution is -0.117. The number of unbranched alkanes of at least 4 members (excludes halogenated alkanes) is 4. The van der Waals surface area contributed by atoms with Crippen LogP contribution >= 0.6 is 0 Å². The predicted molar refractivity (Wildman–Crippen MR) is 132 cm³/mol. The van der Waals surface area contributed by atoms with Crippen LogP contribution in [0.3, 0.4) is 0 Å². The van der Waals surface area contributed by atoms with E-state index in [0.29, 0.717) is 24.6 Å². The van der Waals surface area contributed by atoms with Crippen molar-refractivity contribution in [3.05, 3.63) is 59.7 Å². The quantitative estimate of drug-likeness (QED) is 0.353. The second-order valence-electron chi connectivity index (χ2n) is 8.24. The monoisotopic (exact) mass is 478 g/mol. The molecule has 2 N–H and O–H groups in total. The van der Waals surface area contributed by atoms with E-state index in [9.17, 15) is 9.59 Å². The third kappa shape index (κ3) is 7.53. The lowest BCUT2D eigenvalue weighted by Crippen LogP contribution is -2.22. The lowest BCUT2D eigenvalue weighted by Gasteiger charge is -2.04. The van der Waals surface area contributed by atoms with Gasteiger partial charge in [-0.1, -0.05) is 31.4 Å². The molecule has 0 spiro atoms. The highest BCUT2D eigenvalue weighted by atomic mass is 16.7. The number of carbonyl (C=O) groups excluding carboxylic acids is 2. The summed E-state index contributed by atoms with van der Waals surface area (Å²) >= 11 is 0. The molecule has 0 bridgehead atoms. The molecule has 0 saturated carbocycles. The zero-order chi connectivity index (χ0) is 24.3. The first-order chi connectivity index (χ1) is 17.2. The second-order valence-corrected chi connectivity index (χ2v) is 8.24. The molecule has 0 unspecified atom stereocenters. The van der Waals surface area contributed by atoms with Crippen molar-refractivity contribution in [2.24, 2.45) is 0 Å². The van der Waals surface area contributed by atoms with Crippen molar-refractivity contribution >= 4 is 24.0 Å². The summed E-state index contributed by atoms with van der Waals surface area (Å²) in [6.07, 6.45) is 11.6. The van der Waals surface area contributed by atoms with Crippen LogP contribution in [0.2, 0.25) is 0 Å². The van der Waals surface area contributed by atoms with Crippen molar-refractivity contribution in [1.82, 2.24) is 10.6 Å². The number of benzene rings is 2. The molecule has 8 heteroatoms. The first-order valence-corrected chi connectivity index (χ1v) is 11.9. The molecular weight excluding hydrogens is 448 g/mol. The van der Waals surface area contributed by atoms with Gasteiger partial charge in [-0.05, 0) is 60.4 Å². The number of amides is 2. The highest BCUT2D eigenvalue weighted by Crippen LogP contribution is 2.33. The molecule has 0 atom stereocenters. The van der Waals surface area contributed by atoms with Gasteiger partial charge in [0.2, 0.25) is 25.4 Å². The summed E-state index contributed by atoms with van der Waals surface area (Å²) < 4.78 is 21.2. The standard InChI is InChI=1S/C27H30N2O6/c30-26(12-8-20-6-10-22-24(16-20)34-18-32-22)28-14-4-2-1-3-5-15-29-27(31)13-9-21-7-11-23-25(17-21)35-19-33-23/h6-13,16-17H,1-5,14-15,18-19H2,(H,28,30)(H,29,31)/b12-8-,13-9-. The van der Waals surface area contributed by atoms with Crippen molar-refractivity contribution in [3.8, 4) is 23.0 Å². The van der Waals surface area contributed by atoms with Crippen molar-refractivity contribution in [2.75, 3.05) is 26.7 Å². The van der Waals surface area contributed by atoms with E-state index in [2.05, 4.69) is 10.6 Å². The van der Waals surface area contributed by atoms with Crippen molar-refractivity contribution in [3.63, 3.8) is 0 Å². The van der Waals surface area contributed by atoms with E-state index in [1.165, 1.54) is 12.2 Å². The Hall–Kier alpha value is -3.94. The molecule has 35 heavy (non-hydrogen) atoms. The van der Waals surface area contributed by atoms with E-state index in [1.807, 2.05) is 36.4 Å². The van der Waals surface area contributed by atoms with E-state index in [0.717, 1.165) is 54.7 Å². The lowest BCUT2D eigenvalue weighted by atomic mass is 10.1. The molecule has 0 radical (unpaired) electrons. The summed E-state index contributed by atoms with van der Waals surface area (Å²) in [5.41, 5.74) is 1.78. The minimum Gasteiger partial charge on any atom is -0.454 e. The fourth-order valence-corrected chi connectivity index (χ4v) is 3.70. The Morgan fingerprint density at radius 3 is 1.54 bits per heavy atom. The normalized spacial score (nSPS) is 13.5. The summed E-state index contributed by atoms with van der Waals surface area (Å²) in [5.74, 6) is 2.62. The van der Waals surface area contributed by atoms with Gasteiger partial charge in [0.25, 0.3) is 0 Å². The Balaban J connectivity index is 1.00. The second kappa shape index (κ2) is 12.5. The molecule has 2 aliphatic rings. The molecular formula is C27H30N2O6. The highest BCUT2D eigenvalue weighted by Gasteiger charge is 2.13. The van der Waals surface area contributed by atoms with Crippen LogP contribution in [0.1, 0.15) is 43.2 Å². The number of fused-ring (bicyclic) bond motifs is 2. The van der Waals surface area contributed by atoms with Crippen LogP contribution in [0.4, 0.5) is 0 Å². The zero-order valence-corrected chi connectivity index (χ0v) is 19.6. The van der Waals surface area contributed by atoms with Crippen molar-refractivity contribution in [1.29, 1.82) is 0 Å².